The van der Waals surface area contributed by atoms with Crippen LogP contribution in [-0.2, 0) is 0 Å². The molecule has 0 bridgehead atoms. The van der Waals surface area contributed by atoms with Crippen molar-refractivity contribution < 1.29 is 14.1 Å². The molecule has 0 spiro atoms. The van der Waals surface area contributed by atoms with Gasteiger partial charge >= 0.3 is 5.91 Å². The van der Waals surface area contributed by atoms with Crippen LogP contribution in [-0.4, -0.2) is 16.5 Å². The zero-order chi connectivity index (χ0) is 14.5. The minimum Gasteiger partial charge on any atom is -0.459 e. The topological polar surface area (TPSA) is 97.7 Å². The Bertz CT molecular complexity index is 662. The van der Waals surface area contributed by atoms with Gasteiger partial charge in [-0.05, 0) is 25.1 Å². The molecule has 0 saturated carbocycles. The van der Waals surface area contributed by atoms with E-state index in [-0.39, 0.29) is 11.4 Å². The van der Waals surface area contributed by atoms with E-state index in [0.29, 0.717) is 11.3 Å². The first-order valence-electron chi connectivity index (χ1n) is 5.71. The van der Waals surface area contributed by atoms with Crippen molar-refractivity contribution >= 4 is 17.3 Å². The molecule has 0 aliphatic heterocycles. The van der Waals surface area contributed by atoms with Gasteiger partial charge in [-0.1, -0.05) is 12.1 Å². The van der Waals surface area contributed by atoms with Gasteiger partial charge in [-0.15, -0.1) is 0 Å². The van der Waals surface area contributed by atoms with Gasteiger partial charge in [0.25, 0.3) is 5.69 Å². The summed E-state index contributed by atoms with van der Waals surface area (Å²) < 4.78 is 4.91. The van der Waals surface area contributed by atoms with Crippen LogP contribution in [0.5, 0.6) is 0 Å². The van der Waals surface area contributed by atoms with Crippen LogP contribution in [0.3, 0.4) is 0 Å². The number of nitrogens with one attached hydrogen (secondary N) is 1. The number of nitro groups is 1. The van der Waals surface area contributed by atoms with Crippen LogP contribution in [0.1, 0.15) is 23.0 Å². The second-order valence-electron chi connectivity index (χ2n) is 3.89. The van der Waals surface area contributed by atoms with Crippen LogP contribution in [0.15, 0.2) is 52.2 Å². The lowest BCUT2D eigenvalue weighted by Crippen LogP contribution is -2.19. The first-order chi connectivity index (χ1) is 9.59. The summed E-state index contributed by atoms with van der Waals surface area (Å²) in [6, 6.07) is 9.24. The minimum absolute atomic E-state index is 0.0685. The number of para-hydroxylation sites is 1. The number of nitrogens with zero attached hydrogens (tertiary/aromatic N) is 2. The summed E-state index contributed by atoms with van der Waals surface area (Å²) >= 11 is 0. The molecule has 1 aromatic heterocycles. The highest BCUT2D eigenvalue weighted by Gasteiger charge is 2.15. The first kappa shape index (κ1) is 13.5. The maximum atomic E-state index is 11.6. The van der Waals surface area contributed by atoms with Gasteiger partial charge < -0.3 is 4.42 Å². The average molecular weight is 273 g/mol. The predicted octanol–water partition coefficient (Wildman–Crippen LogP) is 2.34. The fraction of sp³-hybridized carbons (Fsp3) is 0.0769. The van der Waals surface area contributed by atoms with Crippen molar-refractivity contribution in [3.05, 3.63) is 64.1 Å². The van der Waals surface area contributed by atoms with E-state index in [1.807, 2.05) is 0 Å². The molecule has 102 valence electrons. The van der Waals surface area contributed by atoms with E-state index >= 15 is 0 Å². The lowest BCUT2D eigenvalue weighted by Gasteiger charge is -2.02. The Morgan fingerprint density at radius 2 is 2.05 bits per heavy atom. The van der Waals surface area contributed by atoms with Gasteiger partial charge in [-0.3, -0.25) is 14.9 Å². The molecule has 0 fully saturated rings. The van der Waals surface area contributed by atoms with Gasteiger partial charge in [0.1, 0.15) is 0 Å². The SMILES string of the molecule is C/C(=N/NC(=O)c1ccco1)c1ccccc1[N+](=O)[O-]. The molecule has 2 aromatic rings. The number of rotatable bonds is 4. The molecule has 20 heavy (non-hydrogen) atoms. The summed E-state index contributed by atoms with van der Waals surface area (Å²) in [6.45, 7) is 1.57. The van der Waals surface area contributed by atoms with E-state index < -0.39 is 10.8 Å². The van der Waals surface area contributed by atoms with Crippen molar-refractivity contribution in [1.82, 2.24) is 5.43 Å². The fourth-order valence-corrected chi connectivity index (χ4v) is 1.60. The molecule has 0 radical (unpaired) electrons. The zero-order valence-corrected chi connectivity index (χ0v) is 10.6. The highest BCUT2D eigenvalue weighted by Crippen LogP contribution is 2.18. The van der Waals surface area contributed by atoms with Gasteiger partial charge in [0, 0.05) is 6.07 Å². The third-order valence-corrected chi connectivity index (χ3v) is 2.56. The van der Waals surface area contributed by atoms with Gasteiger partial charge in [0.2, 0.25) is 0 Å². The molecule has 1 heterocycles. The minimum atomic E-state index is -0.520. The second-order valence-corrected chi connectivity index (χ2v) is 3.89. The Morgan fingerprint density at radius 1 is 1.30 bits per heavy atom. The quantitative estimate of drug-likeness (QED) is 0.525. The van der Waals surface area contributed by atoms with Crippen molar-refractivity contribution in [2.45, 2.75) is 6.92 Å². The molecule has 7 heteroatoms. The Balaban J connectivity index is 2.19. The van der Waals surface area contributed by atoms with Crippen LogP contribution in [0.2, 0.25) is 0 Å². The van der Waals surface area contributed by atoms with Crippen molar-refractivity contribution in [3.8, 4) is 0 Å². The third-order valence-electron chi connectivity index (χ3n) is 2.56. The van der Waals surface area contributed by atoms with Gasteiger partial charge in [-0.25, -0.2) is 5.43 Å². The molecule has 0 saturated heterocycles. The molecule has 0 aliphatic rings. The fourth-order valence-electron chi connectivity index (χ4n) is 1.60. The van der Waals surface area contributed by atoms with E-state index in [2.05, 4.69) is 10.5 Å². The first-order valence-corrected chi connectivity index (χ1v) is 5.71. The largest absolute Gasteiger partial charge is 0.459 e. The molecule has 0 aliphatic carbocycles. The summed E-state index contributed by atoms with van der Waals surface area (Å²) in [6.07, 6.45) is 1.37. The third kappa shape index (κ3) is 2.89. The number of carbonyl (C=O) groups excluding carboxylic acids is 1. The van der Waals surface area contributed by atoms with E-state index in [9.17, 15) is 14.9 Å². The molecule has 0 unspecified atom stereocenters. The Kier molecular flexibility index (Phi) is 3.90. The highest BCUT2D eigenvalue weighted by molar-refractivity contribution is 6.03. The van der Waals surface area contributed by atoms with Gasteiger partial charge in [0.05, 0.1) is 22.5 Å². The molecule has 1 N–H and O–H groups in total. The van der Waals surface area contributed by atoms with E-state index in [1.54, 1.807) is 31.2 Å². The summed E-state index contributed by atoms with van der Waals surface area (Å²) in [7, 11) is 0. The molecular weight excluding hydrogens is 262 g/mol. The highest BCUT2D eigenvalue weighted by atomic mass is 16.6. The van der Waals surface area contributed by atoms with Crippen LogP contribution in [0, 0.1) is 10.1 Å². The van der Waals surface area contributed by atoms with Crippen molar-refractivity contribution in [2.24, 2.45) is 5.10 Å². The van der Waals surface area contributed by atoms with Crippen LogP contribution in [0.25, 0.3) is 0 Å². The molecule has 1 aromatic carbocycles. The molecule has 0 atom stereocenters. The number of hydrogen-bond donors (Lipinski definition) is 1. The van der Waals surface area contributed by atoms with Crippen LogP contribution >= 0.6 is 0 Å². The molecule has 7 nitrogen and oxygen atoms in total. The summed E-state index contributed by atoms with van der Waals surface area (Å²) in [4.78, 5) is 22.0. The van der Waals surface area contributed by atoms with Gasteiger partial charge in [0.15, 0.2) is 5.76 Å². The standard InChI is InChI=1S/C13H11N3O4/c1-9(10-5-2-3-6-11(10)16(18)19)14-15-13(17)12-7-4-8-20-12/h2-8H,1H3,(H,15,17)/b14-9-. The van der Waals surface area contributed by atoms with Crippen molar-refractivity contribution in [3.63, 3.8) is 0 Å². The summed E-state index contributed by atoms with van der Waals surface area (Å²) in [5, 5.41) is 14.7. The maximum Gasteiger partial charge on any atom is 0.307 e. The number of furan rings is 1. The predicted molar refractivity (Wildman–Crippen MR) is 71.5 cm³/mol. The number of carbonyl (C=O) groups is 1. The van der Waals surface area contributed by atoms with Crippen LogP contribution in [0.4, 0.5) is 5.69 Å². The molecule has 2 rings (SSSR count). The zero-order valence-electron chi connectivity index (χ0n) is 10.6. The van der Waals surface area contributed by atoms with E-state index in [1.165, 1.54) is 18.4 Å². The van der Waals surface area contributed by atoms with E-state index in [4.69, 9.17) is 4.42 Å². The van der Waals surface area contributed by atoms with Crippen LogP contribution < -0.4 is 5.43 Å². The summed E-state index contributed by atoms with van der Waals surface area (Å²) in [5.41, 5.74) is 2.89. The molecule has 1 amide bonds. The number of benzene rings is 1. The molecular formula is C13H11N3O4. The second kappa shape index (κ2) is 5.79. The normalized spacial score (nSPS) is 11.2. The Hall–Kier alpha value is -2.96. The lowest BCUT2D eigenvalue weighted by atomic mass is 10.1. The van der Waals surface area contributed by atoms with Gasteiger partial charge in [-0.2, -0.15) is 5.10 Å². The number of hydrogen-bond acceptors (Lipinski definition) is 5. The number of amides is 1. The van der Waals surface area contributed by atoms with E-state index in [0.717, 1.165) is 0 Å². The average Bonchev–Trinajstić information content (AvgIpc) is 2.98. The maximum absolute atomic E-state index is 11.6. The number of hydrazone groups is 1. The lowest BCUT2D eigenvalue weighted by molar-refractivity contribution is -0.385. The smallest absolute Gasteiger partial charge is 0.307 e. The summed E-state index contributed by atoms with van der Waals surface area (Å²) in [5.74, 6) is -0.406. The number of nitro benzene ring substituents is 1. The Labute approximate surface area is 114 Å². The van der Waals surface area contributed by atoms with Crippen molar-refractivity contribution in [1.29, 1.82) is 0 Å². The monoisotopic (exact) mass is 273 g/mol. The van der Waals surface area contributed by atoms with Crippen molar-refractivity contribution in [2.75, 3.05) is 0 Å². The Morgan fingerprint density at radius 3 is 2.70 bits per heavy atom.